The lowest BCUT2D eigenvalue weighted by Gasteiger charge is -2.17. The third kappa shape index (κ3) is 4.58. The van der Waals surface area contributed by atoms with Crippen LogP contribution in [0.25, 0.3) is 0 Å². The van der Waals surface area contributed by atoms with E-state index in [2.05, 4.69) is 25.2 Å². The molecule has 1 aromatic carbocycles. The maximum Gasteiger partial charge on any atom is 0.260 e. The van der Waals surface area contributed by atoms with Crippen molar-refractivity contribution in [3.8, 4) is 5.75 Å². The van der Waals surface area contributed by atoms with Gasteiger partial charge in [0.2, 0.25) is 0 Å². The van der Waals surface area contributed by atoms with E-state index in [0.29, 0.717) is 0 Å². The monoisotopic (exact) mass is 263 g/mol. The highest BCUT2D eigenvalue weighted by Gasteiger charge is 2.15. The zero-order chi connectivity index (χ0) is 14.4. The third-order valence-electron chi connectivity index (χ3n) is 3.27. The predicted molar refractivity (Wildman–Crippen MR) is 78.7 cm³/mol. The van der Waals surface area contributed by atoms with Crippen molar-refractivity contribution in [1.82, 2.24) is 5.32 Å². The smallest absolute Gasteiger partial charge is 0.260 e. The summed E-state index contributed by atoms with van der Waals surface area (Å²) in [5, 5.41) is 2.89. The molecule has 0 bridgehead atoms. The average Bonchev–Trinajstić information content (AvgIpc) is 2.35. The van der Waals surface area contributed by atoms with Crippen molar-refractivity contribution in [2.24, 2.45) is 0 Å². The Morgan fingerprint density at radius 2 is 2.00 bits per heavy atom. The topological polar surface area (TPSA) is 38.3 Å². The van der Waals surface area contributed by atoms with Crippen LogP contribution in [0.1, 0.15) is 43.4 Å². The van der Waals surface area contributed by atoms with E-state index in [1.165, 1.54) is 5.56 Å². The van der Waals surface area contributed by atoms with Crippen LogP contribution in [0.15, 0.2) is 12.1 Å². The Bertz CT molecular complexity index is 441. The number of ether oxygens (including phenoxy) is 1. The highest BCUT2D eigenvalue weighted by molar-refractivity contribution is 5.80. The minimum absolute atomic E-state index is 0.0491. The summed E-state index contributed by atoms with van der Waals surface area (Å²) in [5.41, 5.74) is 3.43. The molecule has 0 unspecified atom stereocenters. The van der Waals surface area contributed by atoms with Gasteiger partial charge in [-0.05, 0) is 56.9 Å². The lowest BCUT2D eigenvalue weighted by atomic mass is 10.1. The van der Waals surface area contributed by atoms with Crippen LogP contribution in [-0.4, -0.2) is 18.6 Å². The number of aryl methyl sites for hydroxylation is 2. The number of hydrogen-bond donors (Lipinski definition) is 1. The molecule has 0 fully saturated rings. The Morgan fingerprint density at radius 1 is 1.32 bits per heavy atom. The fourth-order valence-corrected chi connectivity index (χ4v) is 1.90. The minimum atomic E-state index is -0.461. The van der Waals surface area contributed by atoms with Crippen LogP contribution in [-0.2, 0) is 4.79 Å². The Hall–Kier alpha value is -1.51. The molecule has 0 aliphatic carbocycles. The highest BCUT2D eigenvalue weighted by atomic mass is 16.5. The molecule has 1 amide bonds. The molecule has 1 rings (SSSR count). The molecule has 0 saturated carbocycles. The van der Waals surface area contributed by atoms with Crippen molar-refractivity contribution in [1.29, 1.82) is 0 Å². The summed E-state index contributed by atoms with van der Waals surface area (Å²) in [6, 6.07) is 4.10. The summed E-state index contributed by atoms with van der Waals surface area (Å²) in [5.74, 6) is 0.752. The molecular weight excluding hydrogens is 238 g/mol. The summed E-state index contributed by atoms with van der Waals surface area (Å²) in [6.45, 7) is 10.7. The molecule has 0 aliphatic rings. The van der Waals surface area contributed by atoms with Gasteiger partial charge < -0.3 is 10.1 Å². The summed E-state index contributed by atoms with van der Waals surface area (Å²) < 4.78 is 5.79. The van der Waals surface area contributed by atoms with Crippen LogP contribution in [0.2, 0.25) is 0 Å². The molecule has 1 N–H and O–H groups in total. The van der Waals surface area contributed by atoms with Gasteiger partial charge in [-0.15, -0.1) is 0 Å². The number of carbonyl (C=O) groups is 1. The van der Waals surface area contributed by atoms with E-state index in [1.54, 1.807) is 6.92 Å². The number of rotatable bonds is 6. The normalized spacial score (nSPS) is 12.1. The van der Waals surface area contributed by atoms with E-state index < -0.39 is 6.10 Å². The Kier molecular flexibility index (Phi) is 5.87. The molecule has 0 radical (unpaired) electrons. The van der Waals surface area contributed by atoms with E-state index in [4.69, 9.17) is 4.74 Å². The highest BCUT2D eigenvalue weighted by Crippen LogP contribution is 2.24. The van der Waals surface area contributed by atoms with Gasteiger partial charge in [0.15, 0.2) is 6.10 Å². The average molecular weight is 263 g/mol. The van der Waals surface area contributed by atoms with Gasteiger partial charge in [-0.2, -0.15) is 0 Å². The first-order valence-corrected chi connectivity index (χ1v) is 6.98. The van der Waals surface area contributed by atoms with Crippen LogP contribution in [0.3, 0.4) is 0 Å². The summed E-state index contributed by atoms with van der Waals surface area (Å²) >= 11 is 0. The van der Waals surface area contributed by atoms with Crippen molar-refractivity contribution < 1.29 is 9.53 Å². The second-order valence-corrected chi connectivity index (χ2v) is 5.11. The van der Waals surface area contributed by atoms with E-state index in [-0.39, 0.29) is 5.91 Å². The predicted octanol–water partition coefficient (Wildman–Crippen LogP) is 3.30. The number of hydrogen-bond acceptors (Lipinski definition) is 2. The Labute approximate surface area is 116 Å². The molecule has 19 heavy (non-hydrogen) atoms. The van der Waals surface area contributed by atoms with Crippen LogP contribution < -0.4 is 10.1 Å². The number of unbranched alkanes of at least 4 members (excludes halogenated alkanes) is 1. The van der Waals surface area contributed by atoms with Crippen LogP contribution in [0, 0.1) is 20.8 Å². The molecule has 106 valence electrons. The lowest BCUT2D eigenvalue weighted by molar-refractivity contribution is -0.127. The first-order valence-electron chi connectivity index (χ1n) is 6.98. The van der Waals surface area contributed by atoms with Gasteiger partial charge in [-0.1, -0.05) is 19.4 Å². The van der Waals surface area contributed by atoms with Crippen LogP contribution in [0.5, 0.6) is 5.75 Å². The van der Waals surface area contributed by atoms with Gasteiger partial charge in [0.05, 0.1) is 0 Å². The number of amides is 1. The molecule has 1 atom stereocenters. The molecule has 3 nitrogen and oxygen atoms in total. The Balaban J connectivity index is 2.66. The third-order valence-corrected chi connectivity index (χ3v) is 3.27. The van der Waals surface area contributed by atoms with Gasteiger partial charge in [0, 0.05) is 6.54 Å². The van der Waals surface area contributed by atoms with E-state index in [9.17, 15) is 4.79 Å². The fourth-order valence-electron chi connectivity index (χ4n) is 1.90. The molecule has 1 aromatic rings. The SMILES string of the molecule is CCCCNC(=O)[C@H](C)Oc1cc(C)cc(C)c1C. The van der Waals surface area contributed by atoms with Crippen LogP contribution >= 0.6 is 0 Å². The maximum atomic E-state index is 11.9. The zero-order valence-corrected chi connectivity index (χ0v) is 12.7. The van der Waals surface area contributed by atoms with E-state index >= 15 is 0 Å². The van der Waals surface area contributed by atoms with Gasteiger partial charge in [-0.3, -0.25) is 4.79 Å². The van der Waals surface area contributed by atoms with Gasteiger partial charge in [0.1, 0.15) is 5.75 Å². The molecular formula is C16H25NO2. The summed E-state index contributed by atoms with van der Waals surface area (Å²) in [4.78, 5) is 11.9. The molecule has 0 saturated heterocycles. The first kappa shape index (κ1) is 15.5. The molecule has 0 heterocycles. The standard InChI is InChI=1S/C16H25NO2/c1-6-7-8-17-16(18)14(5)19-15-10-11(2)9-12(3)13(15)4/h9-10,14H,6-8H2,1-5H3,(H,17,18)/t14-/m0/s1. The van der Waals surface area contributed by atoms with E-state index in [1.807, 2.05) is 19.9 Å². The first-order chi connectivity index (χ1) is 8.95. The summed E-state index contributed by atoms with van der Waals surface area (Å²) in [6.07, 6.45) is 1.61. The molecule has 0 aliphatic heterocycles. The van der Waals surface area contributed by atoms with Crippen molar-refractivity contribution in [3.05, 3.63) is 28.8 Å². The number of carbonyl (C=O) groups excluding carboxylic acids is 1. The van der Waals surface area contributed by atoms with E-state index in [0.717, 1.165) is 36.3 Å². The van der Waals surface area contributed by atoms with Crippen molar-refractivity contribution in [2.45, 2.75) is 53.6 Å². The second-order valence-electron chi connectivity index (χ2n) is 5.11. The maximum absolute atomic E-state index is 11.9. The van der Waals surface area contributed by atoms with Gasteiger partial charge in [0.25, 0.3) is 5.91 Å². The molecule has 3 heteroatoms. The summed E-state index contributed by atoms with van der Waals surface area (Å²) in [7, 11) is 0. The van der Waals surface area contributed by atoms with Crippen molar-refractivity contribution >= 4 is 5.91 Å². The van der Waals surface area contributed by atoms with Gasteiger partial charge in [-0.25, -0.2) is 0 Å². The second kappa shape index (κ2) is 7.17. The lowest BCUT2D eigenvalue weighted by Crippen LogP contribution is -2.36. The number of nitrogens with one attached hydrogen (secondary N) is 1. The minimum Gasteiger partial charge on any atom is -0.481 e. The Morgan fingerprint density at radius 3 is 2.63 bits per heavy atom. The fraction of sp³-hybridized carbons (Fsp3) is 0.562. The van der Waals surface area contributed by atoms with Gasteiger partial charge >= 0.3 is 0 Å². The quantitative estimate of drug-likeness (QED) is 0.800. The molecule has 0 spiro atoms. The van der Waals surface area contributed by atoms with Crippen LogP contribution in [0.4, 0.5) is 0 Å². The zero-order valence-electron chi connectivity index (χ0n) is 12.7. The van der Waals surface area contributed by atoms with Crippen molar-refractivity contribution in [2.75, 3.05) is 6.54 Å². The molecule has 0 aromatic heterocycles. The number of benzene rings is 1. The van der Waals surface area contributed by atoms with Crippen molar-refractivity contribution in [3.63, 3.8) is 0 Å². The largest absolute Gasteiger partial charge is 0.481 e.